The van der Waals surface area contributed by atoms with E-state index in [1.165, 1.54) is 28.3 Å². The molecule has 0 aliphatic carbocycles. The van der Waals surface area contributed by atoms with E-state index in [4.69, 9.17) is 0 Å². The first-order chi connectivity index (χ1) is 13.7. The summed E-state index contributed by atoms with van der Waals surface area (Å²) in [5, 5.41) is 4.73. The molecule has 0 aliphatic heterocycles. The summed E-state index contributed by atoms with van der Waals surface area (Å²) >= 11 is 1.17. The molecule has 0 fully saturated rings. The Hall–Kier alpha value is -2.64. The number of carbonyl (C=O) groups excluding carboxylic acids is 1. The molecule has 1 amide bonds. The molecule has 0 aliphatic rings. The second-order valence-electron chi connectivity index (χ2n) is 7.01. The fraction of sp³-hybridized carbons (Fsp3) is 0.227. The molecular formula is C22H24N2O3S2. The smallest absolute Gasteiger partial charge is 0.273 e. The number of benzene rings is 2. The van der Waals surface area contributed by atoms with Gasteiger partial charge in [0.2, 0.25) is 0 Å². The molecule has 0 radical (unpaired) electrons. The first kappa shape index (κ1) is 21.1. The number of nitrogens with zero attached hydrogens (tertiary/aromatic N) is 1. The second-order valence-corrected chi connectivity index (χ2v) is 10.2. The molecule has 7 heteroatoms. The zero-order valence-electron chi connectivity index (χ0n) is 16.8. The largest absolute Gasteiger partial charge is 0.346 e. The van der Waals surface area contributed by atoms with Crippen LogP contribution in [-0.2, 0) is 10.0 Å². The number of amides is 1. The Kier molecular flexibility index (Phi) is 6.10. The van der Waals surface area contributed by atoms with Crippen molar-refractivity contribution in [2.75, 3.05) is 11.4 Å². The lowest BCUT2D eigenvalue weighted by Crippen LogP contribution is -2.28. The van der Waals surface area contributed by atoms with Gasteiger partial charge in [0, 0.05) is 12.6 Å². The number of anilines is 1. The van der Waals surface area contributed by atoms with Crippen molar-refractivity contribution in [3.8, 4) is 0 Å². The predicted octanol–water partition coefficient (Wildman–Crippen LogP) is 4.68. The summed E-state index contributed by atoms with van der Waals surface area (Å²) in [6, 6.07) is 15.9. The molecule has 1 heterocycles. The normalized spacial score (nSPS) is 12.4. The van der Waals surface area contributed by atoms with E-state index in [1.54, 1.807) is 41.8 Å². The molecule has 1 N–H and O–H groups in total. The highest BCUT2D eigenvalue weighted by molar-refractivity contribution is 7.94. The first-order valence-corrected chi connectivity index (χ1v) is 11.5. The minimum absolute atomic E-state index is 0.135. The molecule has 1 aromatic heterocycles. The van der Waals surface area contributed by atoms with Gasteiger partial charge in [-0.2, -0.15) is 0 Å². The van der Waals surface area contributed by atoms with Crippen LogP contribution >= 0.6 is 11.3 Å². The summed E-state index contributed by atoms with van der Waals surface area (Å²) < 4.78 is 26.8. The van der Waals surface area contributed by atoms with Crippen molar-refractivity contribution >= 4 is 33.0 Å². The van der Waals surface area contributed by atoms with Crippen LogP contribution in [0.4, 0.5) is 5.69 Å². The lowest BCUT2D eigenvalue weighted by molar-refractivity contribution is 0.0940. The SMILES string of the molecule is Cc1ccc([C@@H](C)NC(=O)c2ccc(N(C)S(=O)(=O)c3cccs3)cc2)c(C)c1. The topological polar surface area (TPSA) is 66.5 Å². The zero-order valence-corrected chi connectivity index (χ0v) is 18.5. The highest BCUT2D eigenvalue weighted by Crippen LogP contribution is 2.25. The number of hydrogen-bond acceptors (Lipinski definition) is 4. The molecule has 0 saturated carbocycles. The maximum atomic E-state index is 12.6. The van der Waals surface area contributed by atoms with Crippen molar-refractivity contribution in [3.63, 3.8) is 0 Å². The molecule has 1 atom stereocenters. The molecule has 5 nitrogen and oxygen atoms in total. The van der Waals surface area contributed by atoms with E-state index in [1.807, 2.05) is 32.9 Å². The van der Waals surface area contributed by atoms with Crippen molar-refractivity contribution in [3.05, 3.63) is 82.2 Å². The van der Waals surface area contributed by atoms with E-state index in [0.29, 0.717) is 11.3 Å². The quantitative estimate of drug-likeness (QED) is 0.620. The molecule has 0 unspecified atom stereocenters. The van der Waals surface area contributed by atoms with Gasteiger partial charge in [-0.05, 0) is 67.6 Å². The number of rotatable bonds is 6. The molecule has 29 heavy (non-hydrogen) atoms. The fourth-order valence-corrected chi connectivity index (χ4v) is 5.53. The standard InChI is InChI=1S/C22H24N2O3S2/c1-15-7-12-20(16(2)14-15)17(3)23-22(25)18-8-10-19(11-9-18)24(4)29(26,27)21-6-5-13-28-21/h5-14,17H,1-4H3,(H,23,25)/t17-/m1/s1. The molecule has 0 bridgehead atoms. The van der Waals surface area contributed by atoms with Crippen LogP contribution in [-0.4, -0.2) is 21.4 Å². The molecule has 152 valence electrons. The zero-order chi connectivity index (χ0) is 21.2. The molecule has 2 aromatic carbocycles. The van der Waals surface area contributed by atoms with Gasteiger partial charge in [-0.3, -0.25) is 9.10 Å². The monoisotopic (exact) mass is 428 g/mol. The Balaban J connectivity index is 1.73. The molecular weight excluding hydrogens is 404 g/mol. The Morgan fingerprint density at radius 1 is 1.07 bits per heavy atom. The van der Waals surface area contributed by atoms with Gasteiger partial charge >= 0.3 is 0 Å². The van der Waals surface area contributed by atoms with Crippen LogP contribution in [0.2, 0.25) is 0 Å². The van der Waals surface area contributed by atoms with Crippen LogP contribution in [0.3, 0.4) is 0 Å². The minimum atomic E-state index is -3.59. The maximum Gasteiger partial charge on any atom is 0.273 e. The molecule has 0 spiro atoms. The summed E-state index contributed by atoms with van der Waals surface area (Å²) in [7, 11) is -2.09. The van der Waals surface area contributed by atoms with Gasteiger partial charge in [-0.1, -0.05) is 29.8 Å². The molecule has 3 rings (SSSR count). The van der Waals surface area contributed by atoms with Crippen LogP contribution in [0.5, 0.6) is 0 Å². The van der Waals surface area contributed by atoms with E-state index in [2.05, 4.69) is 11.4 Å². The Morgan fingerprint density at radius 3 is 2.34 bits per heavy atom. The summed E-state index contributed by atoms with van der Waals surface area (Å²) in [4.78, 5) is 12.6. The minimum Gasteiger partial charge on any atom is -0.346 e. The Bertz CT molecular complexity index is 1110. The number of sulfonamides is 1. The summed E-state index contributed by atoms with van der Waals surface area (Å²) in [6.45, 7) is 6.02. The lowest BCUT2D eigenvalue weighted by Gasteiger charge is -2.19. The molecule has 0 saturated heterocycles. The number of aryl methyl sites for hydroxylation is 2. The van der Waals surface area contributed by atoms with Crippen molar-refractivity contribution in [2.45, 2.75) is 31.0 Å². The average Bonchev–Trinajstić information content (AvgIpc) is 3.23. The van der Waals surface area contributed by atoms with Gasteiger partial charge in [0.1, 0.15) is 4.21 Å². The van der Waals surface area contributed by atoms with Gasteiger partial charge in [0.15, 0.2) is 0 Å². The third kappa shape index (κ3) is 4.52. The van der Waals surface area contributed by atoms with Crippen molar-refractivity contribution < 1.29 is 13.2 Å². The Labute approximate surface area is 176 Å². The second kappa shape index (κ2) is 8.39. The number of nitrogens with one attached hydrogen (secondary N) is 1. The first-order valence-electron chi connectivity index (χ1n) is 9.20. The van der Waals surface area contributed by atoms with E-state index >= 15 is 0 Å². The highest BCUT2D eigenvalue weighted by atomic mass is 32.2. The average molecular weight is 429 g/mol. The lowest BCUT2D eigenvalue weighted by atomic mass is 10.00. The fourth-order valence-electron chi connectivity index (χ4n) is 3.18. The van der Waals surface area contributed by atoms with Gasteiger partial charge in [-0.15, -0.1) is 11.3 Å². The summed E-state index contributed by atoms with van der Waals surface area (Å²) in [5.74, 6) is -0.201. The summed E-state index contributed by atoms with van der Waals surface area (Å²) in [6.07, 6.45) is 0. The maximum absolute atomic E-state index is 12.6. The van der Waals surface area contributed by atoms with Crippen molar-refractivity contribution in [1.29, 1.82) is 0 Å². The van der Waals surface area contributed by atoms with Crippen LogP contribution in [0, 0.1) is 13.8 Å². The van der Waals surface area contributed by atoms with Crippen LogP contribution in [0.1, 0.15) is 40.0 Å². The number of hydrogen-bond donors (Lipinski definition) is 1. The van der Waals surface area contributed by atoms with Gasteiger partial charge in [0.05, 0.1) is 11.7 Å². The van der Waals surface area contributed by atoms with Crippen LogP contribution < -0.4 is 9.62 Å². The van der Waals surface area contributed by atoms with E-state index in [9.17, 15) is 13.2 Å². The highest BCUT2D eigenvalue weighted by Gasteiger charge is 2.22. The third-order valence-electron chi connectivity index (χ3n) is 4.84. The van der Waals surface area contributed by atoms with Gasteiger partial charge in [-0.25, -0.2) is 8.42 Å². The van der Waals surface area contributed by atoms with E-state index in [-0.39, 0.29) is 16.2 Å². The van der Waals surface area contributed by atoms with Crippen molar-refractivity contribution in [2.24, 2.45) is 0 Å². The van der Waals surface area contributed by atoms with Crippen molar-refractivity contribution in [1.82, 2.24) is 5.32 Å². The number of carbonyl (C=O) groups is 1. The van der Waals surface area contributed by atoms with Gasteiger partial charge < -0.3 is 5.32 Å². The predicted molar refractivity (Wildman–Crippen MR) is 118 cm³/mol. The van der Waals surface area contributed by atoms with Gasteiger partial charge in [0.25, 0.3) is 15.9 Å². The third-order valence-corrected chi connectivity index (χ3v) is 8.00. The Morgan fingerprint density at radius 2 is 1.76 bits per heavy atom. The number of thiophene rings is 1. The molecule has 3 aromatic rings. The van der Waals surface area contributed by atoms with E-state index < -0.39 is 10.0 Å². The summed E-state index contributed by atoms with van der Waals surface area (Å²) in [5.41, 5.74) is 4.36. The van der Waals surface area contributed by atoms with E-state index in [0.717, 1.165) is 11.1 Å². The van der Waals surface area contributed by atoms with Crippen LogP contribution in [0.15, 0.2) is 64.2 Å². The van der Waals surface area contributed by atoms with Crippen LogP contribution in [0.25, 0.3) is 0 Å².